The van der Waals surface area contributed by atoms with Crippen LogP contribution in [0.4, 0.5) is 64.3 Å². The van der Waals surface area contributed by atoms with Crippen molar-refractivity contribution in [1.82, 2.24) is 19.6 Å². The summed E-state index contributed by atoms with van der Waals surface area (Å²) in [5.74, 6) is -1.92. The van der Waals surface area contributed by atoms with Gasteiger partial charge in [0.1, 0.15) is 46.5 Å². The van der Waals surface area contributed by atoms with Gasteiger partial charge in [-0.15, -0.1) is 0 Å². The molecule has 0 aliphatic carbocycles. The number of halogens is 17. The number of amides is 2. The van der Waals surface area contributed by atoms with Crippen LogP contribution < -0.4 is 170 Å². The summed E-state index contributed by atoms with van der Waals surface area (Å²) in [7, 11) is -6.74. The molecule has 17 nitrogen and oxygen atoms in total. The summed E-state index contributed by atoms with van der Waals surface area (Å²) < 4.78 is 192. The summed E-state index contributed by atoms with van der Waals surface area (Å²) in [5.41, 5.74) is -16.5. The number of nitriles is 2. The van der Waals surface area contributed by atoms with Gasteiger partial charge in [-0.2, -0.15) is 73.4 Å². The first-order valence-electron chi connectivity index (χ1n) is 17.8. The SMILES string of the molecule is CBr.CCOCC(=O)N(C)c1c(S(=O)C(F)(F)F)c(C#N)nn1-c1c(Cl)cc(C(F)(F)F)cc1Cl.CCOCC(=O)Nc1c(S(=O)C(F)(F)F)c(C#N)nn1-c1c(Cl)cc(C(F)(F)F)cc1Cl.O=CO[O-].[H-].[K+].[K+].[K+]. The van der Waals surface area contributed by atoms with Crippen LogP contribution in [0.3, 0.4) is 0 Å². The molecule has 2 atom stereocenters. The van der Waals surface area contributed by atoms with Crippen LogP contribution in [0.15, 0.2) is 34.1 Å². The molecule has 4 aromatic rings. The number of benzene rings is 2. The average molecular weight is 1330 g/mol. The van der Waals surface area contributed by atoms with Crippen LogP contribution >= 0.6 is 62.3 Å². The number of likely N-dealkylation sites (N-methyl/N-ethyl adjacent to an activating group) is 1. The number of carbonyl (C=O) groups excluding carboxylic acids is 3. The summed E-state index contributed by atoms with van der Waals surface area (Å²) in [4.78, 5) is 33.9. The maximum atomic E-state index is 13.3. The molecule has 2 heterocycles. The van der Waals surface area contributed by atoms with Gasteiger partial charge < -0.3 is 26.4 Å². The maximum Gasteiger partial charge on any atom is 1.00 e. The van der Waals surface area contributed by atoms with Crippen LogP contribution in [-0.2, 0) is 62.7 Å². The molecule has 0 aliphatic rings. The Balaban J connectivity index is -0.000000580. The predicted molar refractivity (Wildman–Crippen MR) is 230 cm³/mol. The van der Waals surface area contributed by atoms with Crippen molar-refractivity contribution in [2.45, 2.75) is 47.0 Å². The molecule has 2 amide bonds. The molecule has 1 N–H and O–H groups in total. The van der Waals surface area contributed by atoms with E-state index in [1.54, 1.807) is 0 Å². The fourth-order valence-corrected chi connectivity index (χ4v) is 7.86. The third-order valence-electron chi connectivity index (χ3n) is 7.63. The van der Waals surface area contributed by atoms with Gasteiger partial charge in [-0.1, -0.05) is 62.3 Å². The van der Waals surface area contributed by atoms with E-state index in [1.807, 2.05) is 11.1 Å². The third kappa shape index (κ3) is 21.9. The van der Waals surface area contributed by atoms with E-state index in [2.05, 4.69) is 31.0 Å². The Labute approximate surface area is 572 Å². The molecule has 4 rings (SSSR count). The maximum absolute atomic E-state index is 13.3. The third-order valence-corrected chi connectivity index (χ3v) is 11.1. The fourth-order valence-electron chi connectivity index (χ4n) is 4.87. The van der Waals surface area contributed by atoms with Crippen LogP contribution in [0, 0.1) is 22.7 Å². The molecule has 0 spiro atoms. The molecule has 0 saturated heterocycles. The number of carbonyl (C=O) groups is 3. The largest absolute Gasteiger partial charge is 1.00 e. The van der Waals surface area contributed by atoms with Crippen molar-refractivity contribution in [2.24, 2.45) is 0 Å². The zero-order valence-corrected chi connectivity index (χ0v) is 53.9. The normalized spacial score (nSPS) is 11.8. The second kappa shape index (κ2) is 35.1. The number of alkyl halides is 13. The van der Waals surface area contributed by atoms with Crippen molar-refractivity contribution >= 4 is 114 Å². The summed E-state index contributed by atoms with van der Waals surface area (Å²) in [5, 5.41) is 33.2. The van der Waals surface area contributed by atoms with Gasteiger partial charge in [-0.25, -0.2) is 17.8 Å². The fraction of sp³-hybridized carbons (Fsp3) is 0.343. The van der Waals surface area contributed by atoms with Crippen molar-refractivity contribution in [3.8, 4) is 23.5 Å². The Kier molecular flexibility index (Phi) is 37.2. The molecule has 2 unspecified atom stereocenters. The summed E-state index contributed by atoms with van der Waals surface area (Å²) in [6.45, 7) is 1.76. The minimum atomic E-state index is -5.37. The molecule has 0 fully saturated rings. The molecule has 74 heavy (non-hydrogen) atoms. The number of ether oxygens (including phenoxy) is 2. The van der Waals surface area contributed by atoms with Crippen LogP contribution in [0.2, 0.25) is 20.1 Å². The molecule has 394 valence electrons. The van der Waals surface area contributed by atoms with Crippen LogP contribution in [0.5, 0.6) is 0 Å². The second-order valence-electron chi connectivity index (χ2n) is 12.0. The van der Waals surface area contributed by atoms with Gasteiger partial charge in [0.2, 0.25) is 0 Å². The van der Waals surface area contributed by atoms with E-state index in [9.17, 15) is 81.2 Å². The first-order valence-corrected chi connectivity index (χ1v) is 23.2. The van der Waals surface area contributed by atoms with Crippen molar-refractivity contribution in [3.05, 3.63) is 66.9 Å². The topological polar surface area (TPSA) is 235 Å². The van der Waals surface area contributed by atoms with E-state index in [-0.39, 0.29) is 175 Å². The molecule has 0 bridgehead atoms. The van der Waals surface area contributed by atoms with E-state index in [4.69, 9.17) is 65.9 Å². The van der Waals surface area contributed by atoms with Crippen molar-refractivity contribution in [1.29, 1.82) is 10.5 Å². The Morgan fingerprint density at radius 3 is 1.42 bits per heavy atom. The average Bonchev–Trinajstić information content (AvgIpc) is 3.83. The molecular weight excluding hydrogens is 1310 g/mol. The van der Waals surface area contributed by atoms with Gasteiger partial charge in [0, 0.05) is 20.3 Å². The smallest absolute Gasteiger partial charge is 1.00 e. The van der Waals surface area contributed by atoms with Crippen molar-refractivity contribution < 1.29 is 251 Å². The predicted octanol–water partition coefficient (Wildman–Crippen LogP) is -0.0614. The van der Waals surface area contributed by atoms with E-state index in [0.29, 0.717) is 38.5 Å². The van der Waals surface area contributed by atoms with Gasteiger partial charge in [0.25, 0.3) is 18.3 Å². The zero-order chi connectivity index (χ0) is 55.1. The van der Waals surface area contributed by atoms with E-state index in [0.717, 1.165) is 7.05 Å². The summed E-state index contributed by atoms with van der Waals surface area (Å²) in [6.07, 6.45) is -9.71. The second-order valence-corrected chi connectivity index (χ2v) is 16.5. The molecular formula is C35H27BrCl4F12K3N8O9S2+. The summed E-state index contributed by atoms with van der Waals surface area (Å²) in [6, 6.07) is 4.33. The molecule has 0 saturated carbocycles. The molecule has 0 radical (unpaired) electrons. The molecule has 0 aliphatic heterocycles. The first-order chi connectivity index (χ1) is 32.8. The first kappa shape index (κ1) is 78.4. The monoisotopic (exact) mass is 1330 g/mol. The quantitative estimate of drug-likeness (QED) is 0.0462. The number of anilines is 2. The van der Waals surface area contributed by atoms with Gasteiger partial charge in [-0.3, -0.25) is 19.3 Å². The Morgan fingerprint density at radius 2 is 1.08 bits per heavy atom. The van der Waals surface area contributed by atoms with Gasteiger partial charge >= 0.3 is 178 Å². The van der Waals surface area contributed by atoms with Gasteiger partial charge in [0.05, 0.1) is 31.2 Å². The Bertz CT molecular complexity index is 2670. The molecule has 2 aromatic heterocycles. The number of aromatic nitrogens is 4. The standard InChI is InChI=1S/C17H12Cl2F6N4O3S.C16H10Cl2F6N4O3S.CH3Br.CH2O3.3K.H/c1-3-32-7-12(30)28(2)15-14(33(31)17(23,24)25)11(6-26)27-29(15)13-9(18)4-8(5-10(13)19)16(20,21)22;1-2-31-6-11(29)26-14-13(32(30)16(22,23)24)10(5-25)27-28(14)12-8(17)3-7(4-9(12)18)15(19,20)21;1-2;2-1-4-3;;;;/h4-5H,3,7H2,1-2H3;3-4H,2,6H2,1H3,(H,26,29);1H3;1,3H;;;;/q;;;;3*+1;-1/p-1. The number of hydrogen-bond acceptors (Lipinski definition) is 13. The van der Waals surface area contributed by atoms with E-state index < -0.39 is 145 Å². The number of nitrogens with one attached hydrogen (secondary N) is 1. The van der Waals surface area contributed by atoms with Crippen LogP contribution in [0.25, 0.3) is 11.4 Å². The minimum absolute atomic E-state index is 0. The van der Waals surface area contributed by atoms with Gasteiger partial charge in [-0.05, 0) is 43.9 Å². The zero-order valence-electron chi connectivity index (χ0n) is 39.3. The van der Waals surface area contributed by atoms with E-state index >= 15 is 0 Å². The van der Waals surface area contributed by atoms with Crippen molar-refractivity contribution in [3.63, 3.8) is 0 Å². The number of hydrogen-bond donors (Lipinski definition) is 1. The number of rotatable bonds is 13. The van der Waals surface area contributed by atoms with Crippen molar-refractivity contribution in [2.75, 3.05) is 49.5 Å². The Morgan fingerprint density at radius 1 is 0.743 bits per heavy atom. The van der Waals surface area contributed by atoms with Gasteiger partial charge in [0.15, 0.2) is 44.6 Å². The number of nitrogens with zero attached hydrogens (tertiary/aromatic N) is 7. The molecule has 39 heteroatoms. The molecule has 2 aromatic carbocycles. The minimum Gasteiger partial charge on any atom is -1.00 e. The Hall–Kier alpha value is 0.139. The van der Waals surface area contributed by atoms with E-state index in [1.165, 1.54) is 26.0 Å². The van der Waals surface area contributed by atoms with Crippen LogP contribution in [0.1, 0.15) is 37.8 Å². The summed E-state index contributed by atoms with van der Waals surface area (Å²) >= 11 is 26.6. The van der Waals surface area contributed by atoms with Crippen LogP contribution in [-0.4, -0.2) is 96.6 Å².